The molecule has 0 aliphatic rings. The number of anilines is 1. The van der Waals surface area contributed by atoms with E-state index in [-0.39, 0.29) is 18.2 Å². The zero-order valence-electron chi connectivity index (χ0n) is 21.9. The highest BCUT2D eigenvalue weighted by atomic mass is 16.5. The fraction of sp³-hybridized carbons (Fsp3) is 0.156. The van der Waals surface area contributed by atoms with Crippen LogP contribution in [0.2, 0.25) is 0 Å². The Balaban J connectivity index is 1.60. The number of amides is 1. The topological polar surface area (TPSA) is 94.1 Å². The maximum absolute atomic E-state index is 13.5. The number of ketones is 1. The number of hydrogen-bond donors (Lipinski definition) is 1. The number of pyridine rings is 1. The molecular formula is C32H26N4O3. The highest BCUT2D eigenvalue weighted by Crippen LogP contribution is 2.31. The van der Waals surface area contributed by atoms with Gasteiger partial charge in [0.2, 0.25) is 5.82 Å². The number of carbonyl (C=O) groups is 2. The number of benzene rings is 3. The van der Waals surface area contributed by atoms with Gasteiger partial charge in [-0.25, -0.2) is 9.97 Å². The summed E-state index contributed by atoms with van der Waals surface area (Å²) < 4.78 is 5.63. The molecule has 0 spiro atoms. The Morgan fingerprint density at radius 2 is 1.79 bits per heavy atom. The standard InChI is InChI=1S/C32H26N4O3/c1-5-17-39-23-12-14-27-26(18-23)29(22-10-8-21(9-11-22)19(2)3)36-31(34-27)32(38)35-28-15-13-24(20(4)37)25-7-6-16-33-30(25)28/h1,6-16,18-19H,17H2,2-4H3,(H,35,38). The molecule has 5 aromatic rings. The number of carbonyl (C=O) groups excluding carboxylic acids is 2. The Morgan fingerprint density at radius 1 is 1.00 bits per heavy atom. The number of hydrogen-bond acceptors (Lipinski definition) is 6. The molecule has 0 fully saturated rings. The molecule has 1 N–H and O–H groups in total. The Kier molecular flexibility index (Phi) is 7.02. The Bertz CT molecular complexity index is 1770. The van der Waals surface area contributed by atoms with Crippen LogP contribution in [0, 0.1) is 12.3 Å². The van der Waals surface area contributed by atoms with Crippen LogP contribution in [-0.4, -0.2) is 33.2 Å². The third kappa shape index (κ3) is 5.18. The predicted molar refractivity (Wildman–Crippen MR) is 153 cm³/mol. The molecule has 5 rings (SSSR count). The van der Waals surface area contributed by atoms with Gasteiger partial charge in [-0.3, -0.25) is 14.6 Å². The maximum Gasteiger partial charge on any atom is 0.293 e. The van der Waals surface area contributed by atoms with Crippen molar-refractivity contribution < 1.29 is 14.3 Å². The first-order chi connectivity index (χ1) is 18.9. The molecule has 2 heterocycles. The molecule has 0 saturated heterocycles. The van der Waals surface area contributed by atoms with Gasteiger partial charge in [0.15, 0.2) is 5.78 Å². The van der Waals surface area contributed by atoms with Crippen LogP contribution in [0.25, 0.3) is 33.1 Å². The second kappa shape index (κ2) is 10.7. The lowest BCUT2D eigenvalue weighted by atomic mass is 9.99. The molecule has 1 amide bonds. The van der Waals surface area contributed by atoms with E-state index in [1.807, 2.05) is 18.2 Å². The molecular weight excluding hydrogens is 488 g/mol. The van der Waals surface area contributed by atoms with Gasteiger partial charge in [-0.05, 0) is 54.8 Å². The summed E-state index contributed by atoms with van der Waals surface area (Å²) in [6.45, 7) is 5.90. The monoisotopic (exact) mass is 514 g/mol. The Labute approximate surface area is 226 Å². The number of aromatic nitrogens is 3. The SMILES string of the molecule is C#CCOc1ccc2nc(C(=O)Nc3ccc(C(C)=O)c4cccnc34)nc(-c3ccc(C(C)C)cc3)c2c1. The van der Waals surface area contributed by atoms with Crippen molar-refractivity contribution in [1.29, 1.82) is 0 Å². The van der Waals surface area contributed by atoms with Crippen molar-refractivity contribution in [3.8, 4) is 29.4 Å². The largest absolute Gasteiger partial charge is 0.481 e. The van der Waals surface area contributed by atoms with Crippen molar-refractivity contribution in [2.45, 2.75) is 26.7 Å². The summed E-state index contributed by atoms with van der Waals surface area (Å²) in [4.78, 5) is 39.2. The van der Waals surface area contributed by atoms with E-state index in [2.05, 4.69) is 47.2 Å². The van der Waals surface area contributed by atoms with Gasteiger partial charge in [0.1, 0.15) is 12.4 Å². The molecule has 3 aromatic carbocycles. The second-order valence-electron chi connectivity index (χ2n) is 9.41. The summed E-state index contributed by atoms with van der Waals surface area (Å²) in [5.41, 5.74) is 4.73. The van der Waals surface area contributed by atoms with Crippen molar-refractivity contribution in [1.82, 2.24) is 15.0 Å². The van der Waals surface area contributed by atoms with Crippen LogP contribution < -0.4 is 10.1 Å². The van der Waals surface area contributed by atoms with Crippen molar-refractivity contribution in [2.75, 3.05) is 11.9 Å². The zero-order valence-corrected chi connectivity index (χ0v) is 21.9. The quantitative estimate of drug-likeness (QED) is 0.199. The first-order valence-corrected chi connectivity index (χ1v) is 12.5. The molecule has 0 bridgehead atoms. The zero-order chi connectivity index (χ0) is 27.5. The fourth-order valence-electron chi connectivity index (χ4n) is 4.43. The third-order valence-electron chi connectivity index (χ3n) is 6.44. The van der Waals surface area contributed by atoms with Crippen LogP contribution in [0.4, 0.5) is 5.69 Å². The molecule has 7 nitrogen and oxygen atoms in total. The molecule has 7 heteroatoms. The van der Waals surface area contributed by atoms with Crippen molar-refractivity contribution in [2.24, 2.45) is 0 Å². The maximum atomic E-state index is 13.5. The highest BCUT2D eigenvalue weighted by molar-refractivity contribution is 6.13. The molecule has 0 aliphatic carbocycles. The molecule has 0 radical (unpaired) electrons. The normalized spacial score (nSPS) is 10.9. The van der Waals surface area contributed by atoms with E-state index < -0.39 is 5.91 Å². The molecule has 39 heavy (non-hydrogen) atoms. The molecule has 0 unspecified atom stereocenters. The van der Waals surface area contributed by atoms with Crippen LogP contribution >= 0.6 is 0 Å². The number of terminal acetylenes is 1. The first-order valence-electron chi connectivity index (χ1n) is 12.5. The Morgan fingerprint density at radius 3 is 2.51 bits per heavy atom. The number of rotatable bonds is 7. The summed E-state index contributed by atoms with van der Waals surface area (Å²) in [5.74, 6) is 2.86. The van der Waals surface area contributed by atoms with E-state index in [1.165, 1.54) is 12.5 Å². The molecule has 2 aromatic heterocycles. The summed E-state index contributed by atoms with van der Waals surface area (Å²) in [6, 6.07) is 20.4. The number of nitrogens with zero attached hydrogens (tertiary/aromatic N) is 3. The summed E-state index contributed by atoms with van der Waals surface area (Å²) in [5, 5.41) is 4.28. The van der Waals surface area contributed by atoms with E-state index in [0.717, 1.165) is 10.9 Å². The number of ether oxygens (including phenoxy) is 1. The third-order valence-corrected chi connectivity index (χ3v) is 6.44. The van der Waals surface area contributed by atoms with Gasteiger partial charge in [0.25, 0.3) is 5.91 Å². The molecule has 0 atom stereocenters. The van der Waals surface area contributed by atoms with Gasteiger partial charge in [-0.1, -0.05) is 50.1 Å². The lowest BCUT2D eigenvalue weighted by Gasteiger charge is -2.13. The van der Waals surface area contributed by atoms with E-state index in [4.69, 9.17) is 16.1 Å². The van der Waals surface area contributed by atoms with Gasteiger partial charge in [-0.2, -0.15) is 0 Å². The van der Waals surface area contributed by atoms with E-state index in [0.29, 0.717) is 45.0 Å². The van der Waals surface area contributed by atoms with Crippen LogP contribution in [0.15, 0.2) is 72.9 Å². The van der Waals surface area contributed by atoms with Crippen LogP contribution in [-0.2, 0) is 0 Å². The van der Waals surface area contributed by atoms with Gasteiger partial charge in [0, 0.05) is 28.1 Å². The van der Waals surface area contributed by atoms with E-state index >= 15 is 0 Å². The van der Waals surface area contributed by atoms with E-state index in [1.54, 1.807) is 42.6 Å². The minimum Gasteiger partial charge on any atom is -0.481 e. The summed E-state index contributed by atoms with van der Waals surface area (Å²) in [7, 11) is 0. The molecule has 0 saturated carbocycles. The van der Waals surface area contributed by atoms with Crippen LogP contribution in [0.5, 0.6) is 5.75 Å². The number of nitrogens with one attached hydrogen (secondary N) is 1. The highest BCUT2D eigenvalue weighted by Gasteiger charge is 2.19. The lowest BCUT2D eigenvalue weighted by Crippen LogP contribution is -2.17. The average molecular weight is 515 g/mol. The van der Waals surface area contributed by atoms with Crippen LogP contribution in [0.3, 0.4) is 0 Å². The van der Waals surface area contributed by atoms with Crippen molar-refractivity contribution >= 4 is 39.2 Å². The van der Waals surface area contributed by atoms with Gasteiger partial charge >= 0.3 is 0 Å². The average Bonchev–Trinajstić information content (AvgIpc) is 2.95. The summed E-state index contributed by atoms with van der Waals surface area (Å²) >= 11 is 0. The number of Topliss-reactive ketones (excluding diaryl/α,β-unsaturated/α-hetero) is 1. The Hall–Kier alpha value is -5.09. The molecule has 192 valence electrons. The summed E-state index contributed by atoms with van der Waals surface area (Å²) in [6.07, 6.45) is 6.98. The van der Waals surface area contributed by atoms with E-state index in [9.17, 15) is 9.59 Å². The lowest BCUT2D eigenvalue weighted by molar-refractivity contribution is 0.101. The van der Waals surface area contributed by atoms with Gasteiger partial charge in [-0.15, -0.1) is 6.42 Å². The van der Waals surface area contributed by atoms with Gasteiger partial charge < -0.3 is 10.1 Å². The van der Waals surface area contributed by atoms with Gasteiger partial charge in [0.05, 0.1) is 22.4 Å². The smallest absolute Gasteiger partial charge is 0.293 e. The first kappa shape index (κ1) is 25.6. The number of fused-ring (bicyclic) bond motifs is 2. The van der Waals surface area contributed by atoms with Crippen molar-refractivity contribution in [3.05, 3.63) is 89.9 Å². The minimum atomic E-state index is -0.493. The van der Waals surface area contributed by atoms with Crippen LogP contribution in [0.1, 0.15) is 53.2 Å². The van der Waals surface area contributed by atoms with Crippen molar-refractivity contribution in [3.63, 3.8) is 0 Å². The molecule has 0 aliphatic heterocycles. The minimum absolute atomic E-state index is 0.00227. The second-order valence-corrected chi connectivity index (χ2v) is 9.41. The predicted octanol–water partition coefficient (Wildman–Crippen LogP) is 6.44. The fourth-order valence-corrected chi connectivity index (χ4v) is 4.43.